The van der Waals surface area contributed by atoms with E-state index in [0.717, 1.165) is 35.4 Å². The van der Waals surface area contributed by atoms with Gasteiger partial charge in [-0.15, -0.1) is 0 Å². The van der Waals surface area contributed by atoms with Gasteiger partial charge in [0.25, 0.3) is 0 Å². The number of halogens is 1. The van der Waals surface area contributed by atoms with Crippen LogP contribution in [-0.4, -0.2) is 16.5 Å². The molecule has 0 aliphatic carbocycles. The molecule has 0 unspecified atom stereocenters. The normalized spacial score (nSPS) is 13.5. The second-order valence-electron chi connectivity index (χ2n) is 4.80. The van der Waals surface area contributed by atoms with Gasteiger partial charge >= 0.3 is 0 Å². The van der Waals surface area contributed by atoms with E-state index in [0.29, 0.717) is 0 Å². The standard InChI is InChI=1S/C15H12FN3/c16-11-2-4-13-14(8-11)19-15(18-13)10-1-3-12-9(7-10)5-6-17-12/h1-4,7-8,17H,5-6H2,(H,18,19). The number of benzene rings is 2. The summed E-state index contributed by atoms with van der Waals surface area (Å²) in [5, 5.41) is 3.33. The zero-order valence-electron chi connectivity index (χ0n) is 10.2. The lowest BCUT2D eigenvalue weighted by Gasteiger charge is -2.01. The molecule has 1 aliphatic heterocycles. The van der Waals surface area contributed by atoms with E-state index in [9.17, 15) is 4.39 Å². The number of H-pyrrole nitrogens is 1. The van der Waals surface area contributed by atoms with Gasteiger partial charge in [0, 0.05) is 17.8 Å². The second-order valence-corrected chi connectivity index (χ2v) is 4.80. The van der Waals surface area contributed by atoms with E-state index >= 15 is 0 Å². The molecule has 1 aliphatic rings. The molecule has 4 heteroatoms. The summed E-state index contributed by atoms with van der Waals surface area (Å²) in [6.07, 6.45) is 1.04. The van der Waals surface area contributed by atoms with Crippen LogP contribution < -0.4 is 5.32 Å². The smallest absolute Gasteiger partial charge is 0.138 e. The average Bonchev–Trinajstić information content (AvgIpc) is 3.02. The van der Waals surface area contributed by atoms with Crippen molar-refractivity contribution in [2.24, 2.45) is 0 Å². The first-order chi connectivity index (χ1) is 9.29. The molecule has 0 radical (unpaired) electrons. The molecule has 2 N–H and O–H groups in total. The number of nitrogens with zero attached hydrogens (tertiary/aromatic N) is 1. The molecule has 0 fully saturated rings. The van der Waals surface area contributed by atoms with Crippen LogP contribution in [0.1, 0.15) is 5.56 Å². The molecule has 4 rings (SSSR count). The Kier molecular flexibility index (Phi) is 2.12. The third kappa shape index (κ3) is 1.68. The summed E-state index contributed by atoms with van der Waals surface area (Å²) < 4.78 is 13.2. The van der Waals surface area contributed by atoms with Crippen molar-refractivity contribution in [2.75, 3.05) is 11.9 Å². The van der Waals surface area contributed by atoms with Crippen molar-refractivity contribution in [2.45, 2.75) is 6.42 Å². The van der Waals surface area contributed by atoms with Gasteiger partial charge in [0.2, 0.25) is 0 Å². The van der Waals surface area contributed by atoms with Crippen molar-refractivity contribution >= 4 is 16.7 Å². The summed E-state index contributed by atoms with van der Waals surface area (Å²) >= 11 is 0. The second kappa shape index (κ2) is 3.82. The fraction of sp³-hybridized carbons (Fsp3) is 0.133. The van der Waals surface area contributed by atoms with Gasteiger partial charge in [-0.25, -0.2) is 9.37 Å². The molecule has 0 bridgehead atoms. The molecule has 1 aromatic heterocycles. The highest BCUT2D eigenvalue weighted by molar-refractivity contribution is 5.80. The highest BCUT2D eigenvalue weighted by Crippen LogP contribution is 2.28. The predicted octanol–water partition coefficient (Wildman–Crippen LogP) is 3.34. The molecular weight excluding hydrogens is 241 g/mol. The van der Waals surface area contributed by atoms with Gasteiger partial charge < -0.3 is 10.3 Å². The fourth-order valence-corrected chi connectivity index (χ4v) is 2.57. The molecule has 2 aromatic carbocycles. The van der Waals surface area contributed by atoms with Gasteiger partial charge in [0.1, 0.15) is 11.6 Å². The Hall–Kier alpha value is -2.36. The Morgan fingerprint density at radius 3 is 3.00 bits per heavy atom. The number of anilines is 1. The van der Waals surface area contributed by atoms with Gasteiger partial charge in [0.05, 0.1) is 11.0 Å². The number of hydrogen-bond acceptors (Lipinski definition) is 2. The van der Waals surface area contributed by atoms with E-state index in [1.807, 2.05) is 6.07 Å². The number of rotatable bonds is 1. The summed E-state index contributed by atoms with van der Waals surface area (Å²) in [6, 6.07) is 10.8. The lowest BCUT2D eigenvalue weighted by atomic mass is 10.1. The summed E-state index contributed by atoms with van der Waals surface area (Å²) in [5.41, 5.74) is 5.07. The molecule has 94 valence electrons. The minimum atomic E-state index is -0.249. The SMILES string of the molecule is Fc1ccc2nc(-c3ccc4c(c3)CCN4)[nH]c2c1. The Bertz CT molecular complexity index is 776. The minimum Gasteiger partial charge on any atom is -0.384 e. The van der Waals surface area contributed by atoms with E-state index in [1.165, 1.54) is 23.4 Å². The van der Waals surface area contributed by atoms with Crippen LogP contribution in [0.4, 0.5) is 10.1 Å². The maximum Gasteiger partial charge on any atom is 0.138 e. The molecular formula is C15H12FN3. The maximum absolute atomic E-state index is 13.2. The quantitative estimate of drug-likeness (QED) is 0.698. The monoisotopic (exact) mass is 253 g/mol. The van der Waals surface area contributed by atoms with Gasteiger partial charge in [-0.1, -0.05) is 0 Å². The van der Waals surface area contributed by atoms with Crippen LogP contribution in [0.5, 0.6) is 0 Å². The Morgan fingerprint density at radius 2 is 2.05 bits per heavy atom. The van der Waals surface area contributed by atoms with Crippen molar-refractivity contribution in [1.82, 2.24) is 9.97 Å². The maximum atomic E-state index is 13.2. The first-order valence-electron chi connectivity index (χ1n) is 6.32. The molecule has 0 amide bonds. The molecule has 2 heterocycles. The molecule has 0 atom stereocenters. The van der Waals surface area contributed by atoms with E-state index < -0.39 is 0 Å². The minimum absolute atomic E-state index is 0.249. The third-order valence-corrected chi connectivity index (χ3v) is 3.53. The van der Waals surface area contributed by atoms with Crippen molar-refractivity contribution in [1.29, 1.82) is 0 Å². The van der Waals surface area contributed by atoms with Crippen LogP contribution in [0.2, 0.25) is 0 Å². The number of fused-ring (bicyclic) bond motifs is 2. The molecule has 0 saturated heterocycles. The molecule has 3 aromatic rings. The van der Waals surface area contributed by atoms with Gasteiger partial charge in [-0.05, 0) is 48.4 Å². The zero-order valence-corrected chi connectivity index (χ0v) is 10.2. The third-order valence-electron chi connectivity index (χ3n) is 3.53. The van der Waals surface area contributed by atoms with Crippen molar-refractivity contribution in [3.05, 3.63) is 47.8 Å². The van der Waals surface area contributed by atoms with E-state index in [4.69, 9.17) is 0 Å². The summed E-state index contributed by atoms with van der Waals surface area (Å²) in [6.45, 7) is 0.990. The lowest BCUT2D eigenvalue weighted by Crippen LogP contribution is -1.90. The first kappa shape index (κ1) is 10.6. The zero-order chi connectivity index (χ0) is 12.8. The largest absolute Gasteiger partial charge is 0.384 e. The number of imidazole rings is 1. The molecule has 0 saturated carbocycles. The average molecular weight is 253 g/mol. The van der Waals surface area contributed by atoms with Crippen LogP contribution in [0.25, 0.3) is 22.4 Å². The van der Waals surface area contributed by atoms with Gasteiger partial charge in [0.15, 0.2) is 0 Å². The van der Waals surface area contributed by atoms with Crippen LogP contribution in [-0.2, 0) is 6.42 Å². The summed E-state index contributed by atoms with van der Waals surface area (Å²) in [4.78, 5) is 7.68. The van der Waals surface area contributed by atoms with Crippen molar-refractivity contribution in [3.63, 3.8) is 0 Å². The van der Waals surface area contributed by atoms with Gasteiger partial charge in [-0.2, -0.15) is 0 Å². The summed E-state index contributed by atoms with van der Waals surface area (Å²) in [7, 11) is 0. The fourth-order valence-electron chi connectivity index (χ4n) is 2.57. The molecule has 0 spiro atoms. The number of hydrogen-bond donors (Lipinski definition) is 2. The summed E-state index contributed by atoms with van der Waals surface area (Å²) in [5.74, 6) is 0.538. The Labute approximate surface area is 109 Å². The molecule has 19 heavy (non-hydrogen) atoms. The van der Waals surface area contributed by atoms with Gasteiger partial charge in [-0.3, -0.25) is 0 Å². The number of aromatic amines is 1. The topological polar surface area (TPSA) is 40.7 Å². The van der Waals surface area contributed by atoms with Crippen LogP contribution in [0.15, 0.2) is 36.4 Å². The number of aromatic nitrogens is 2. The van der Waals surface area contributed by atoms with Crippen LogP contribution in [0.3, 0.4) is 0 Å². The van der Waals surface area contributed by atoms with Crippen molar-refractivity contribution in [3.8, 4) is 11.4 Å². The Balaban J connectivity index is 1.85. The van der Waals surface area contributed by atoms with E-state index in [2.05, 4.69) is 27.4 Å². The highest BCUT2D eigenvalue weighted by Gasteiger charge is 2.12. The van der Waals surface area contributed by atoms with Crippen LogP contribution in [0, 0.1) is 5.82 Å². The van der Waals surface area contributed by atoms with Crippen LogP contribution >= 0.6 is 0 Å². The highest BCUT2D eigenvalue weighted by atomic mass is 19.1. The van der Waals surface area contributed by atoms with E-state index in [-0.39, 0.29) is 5.82 Å². The lowest BCUT2D eigenvalue weighted by molar-refractivity contribution is 0.629. The number of nitrogens with one attached hydrogen (secondary N) is 2. The Morgan fingerprint density at radius 1 is 1.11 bits per heavy atom. The van der Waals surface area contributed by atoms with Crippen molar-refractivity contribution < 1.29 is 4.39 Å². The predicted molar refractivity (Wildman–Crippen MR) is 73.7 cm³/mol. The first-order valence-corrected chi connectivity index (χ1v) is 6.32. The molecule has 3 nitrogen and oxygen atoms in total. The van der Waals surface area contributed by atoms with E-state index in [1.54, 1.807) is 6.07 Å².